The third kappa shape index (κ3) is 3.83. The molecule has 7 heteroatoms. The van der Waals surface area contributed by atoms with Gasteiger partial charge in [0.1, 0.15) is 11.5 Å². The van der Waals surface area contributed by atoms with E-state index in [4.69, 9.17) is 16.0 Å². The molecule has 0 fully saturated rings. The highest BCUT2D eigenvalue weighted by Crippen LogP contribution is 2.25. The number of thiazole rings is 1. The lowest BCUT2D eigenvalue weighted by Crippen LogP contribution is -2.22. The summed E-state index contributed by atoms with van der Waals surface area (Å²) >= 11 is 9.25. The monoisotopic (exact) mass is 378 g/mol. The highest BCUT2D eigenvalue weighted by Gasteiger charge is 2.13. The van der Waals surface area contributed by atoms with Crippen molar-refractivity contribution >= 4 is 40.6 Å². The van der Waals surface area contributed by atoms with Crippen molar-refractivity contribution < 1.29 is 9.21 Å². The SMILES string of the molecule is CSc1ccc(Cl)c(C(=O)NCc2ccc(-c3csc(C)n3)o2)c1. The van der Waals surface area contributed by atoms with Crippen molar-refractivity contribution in [3.05, 3.63) is 57.1 Å². The number of aromatic nitrogens is 1. The van der Waals surface area contributed by atoms with Crippen molar-refractivity contribution in [2.45, 2.75) is 18.4 Å². The number of hydrogen-bond donors (Lipinski definition) is 1. The van der Waals surface area contributed by atoms with Gasteiger partial charge in [0, 0.05) is 10.3 Å². The first-order valence-electron chi connectivity index (χ1n) is 7.20. The number of hydrogen-bond acceptors (Lipinski definition) is 5. The molecule has 1 amide bonds. The van der Waals surface area contributed by atoms with E-state index in [2.05, 4.69) is 10.3 Å². The van der Waals surface area contributed by atoms with Gasteiger partial charge in [-0.05, 0) is 43.5 Å². The lowest BCUT2D eigenvalue weighted by Gasteiger charge is -2.07. The van der Waals surface area contributed by atoms with Gasteiger partial charge in [-0.1, -0.05) is 11.6 Å². The molecule has 2 heterocycles. The zero-order valence-electron chi connectivity index (χ0n) is 13.1. The van der Waals surface area contributed by atoms with Gasteiger partial charge >= 0.3 is 0 Å². The van der Waals surface area contributed by atoms with Crippen LogP contribution in [0.1, 0.15) is 21.1 Å². The van der Waals surface area contributed by atoms with E-state index in [1.165, 1.54) is 0 Å². The molecule has 0 atom stereocenters. The number of halogens is 1. The summed E-state index contributed by atoms with van der Waals surface area (Å²) in [6, 6.07) is 9.10. The topological polar surface area (TPSA) is 55.1 Å². The Morgan fingerprint density at radius 2 is 2.21 bits per heavy atom. The molecule has 0 bridgehead atoms. The molecular weight excluding hydrogens is 364 g/mol. The van der Waals surface area contributed by atoms with Crippen molar-refractivity contribution in [1.82, 2.24) is 10.3 Å². The van der Waals surface area contributed by atoms with Crippen LogP contribution in [0.4, 0.5) is 0 Å². The maximum atomic E-state index is 12.3. The van der Waals surface area contributed by atoms with Crippen LogP contribution < -0.4 is 5.32 Å². The summed E-state index contributed by atoms with van der Waals surface area (Å²) < 4.78 is 5.74. The van der Waals surface area contributed by atoms with Gasteiger partial charge in [0.2, 0.25) is 0 Å². The number of carbonyl (C=O) groups excluding carboxylic acids is 1. The maximum absolute atomic E-state index is 12.3. The second-order valence-electron chi connectivity index (χ2n) is 5.05. The van der Waals surface area contributed by atoms with Gasteiger partial charge in [-0.25, -0.2) is 4.98 Å². The quantitative estimate of drug-likeness (QED) is 0.633. The summed E-state index contributed by atoms with van der Waals surface area (Å²) in [5, 5.41) is 6.20. The number of aryl methyl sites for hydroxylation is 1. The Labute approximate surface area is 153 Å². The molecule has 0 spiro atoms. The van der Waals surface area contributed by atoms with E-state index in [9.17, 15) is 4.79 Å². The van der Waals surface area contributed by atoms with Crippen molar-refractivity contribution in [3.63, 3.8) is 0 Å². The average molecular weight is 379 g/mol. The van der Waals surface area contributed by atoms with Crippen LogP contribution in [0, 0.1) is 6.92 Å². The average Bonchev–Trinajstić information content (AvgIpc) is 3.22. The van der Waals surface area contributed by atoms with Crippen LogP contribution in [-0.2, 0) is 6.54 Å². The number of thioether (sulfide) groups is 1. The fraction of sp³-hybridized carbons (Fsp3) is 0.176. The first-order valence-corrected chi connectivity index (χ1v) is 9.68. The number of furan rings is 1. The lowest BCUT2D eigenvalue weighted by molar-refractivity contribution is 0.0948. The molecular formula is C17H15ClN2O2S2. The van der Waals surface area contributed by atoms with Crippen LogP contribution in [0.3, 0.4) is 0 Å². The number of nitrogens with zero attached hydrogens (tertiary/aromatic N) is 1. The molecule has 0 aliphatic carbocycles. The molecule has 1 N–H and O–H groups in total. The van der Waals surface area contributed by atoms with Crippen molar-refractivity contribution in [1.29, 1.82) is 0 Å². The Morgan fingerprint density at radius 3 is 2.92 bits per heavy atom. The molecule has 0 saturated heterocycles. The molecule has 2 aromatic heterocycles. The molecule has 124 valence electrons. The Bertz CT molecular complexity index is 873. The summed E-state index contributed by atoms with van der Waals surface area (Å²) in [7, 11) is 0. The van der Waals surface area contributed by atoms with Crippen molar-refractivity contribution in [2.24, 2.45) is 0 Å². The van der Waals surface area contributed by atoms with Gasteiger partial charge in [-0.3, -0.25) is 4.79 Å². The first kappa shape index (κ1) is 17.1. The van der Waals surface area contributed by atoms with Crippen molar-refractivity contribution in [2.75, 3.05) is 6.26 Å². The fourth-order valence-electron chi connectivity index (χ4n) is 2.16. The summed E-state index contributed by atoms with van der Waals surface area (Å²) in [4.78, 5) is 17.7. The van der Waals surface area contributed by atoms with Crippen LogP contribution >= 0.6 is 34.7 Å². The molecule has 3 rings (SSSR count). The molecule has 0 unspecified atom stereocenters. The van der Waals surface area contributed by atoms with E-state index in [-0.39, 0.29) is 5.91 Å². The Kier molecular flexibility index (Phi) is 5.28. The molecule has 4 nitrogen and oxygen atoms in total. The molecule has 24 heavy (non-hydrogen) atoms. The first-order chi connectivity index (χ1) is 11.6. The number of nitrogens with one attached hydrogen (secondary N) is 1. The highest BCUT2D eigenvalue weighted by atomic mass is 35.5. The van der Waals surface area contributed by atoms with Crippen LogP contribution in [-0.4, -0.2) is 17.1 Å². The van der Waals surface area contributed by atoms with E-state index in [1.54, 1.807) is 35.2 Å². The zero-order chi connectivity index (χ0) is 17.1. The number of benzene rings is 1. The van der Waals surface area contributed by atoms with E-state index in [0.717, 1.165) is 15.6 Å². The van der Waals surface area contributed by atoms with Gasteiger partial charge in [-0.2, -0.15) is 0 Å². The molecule has 3 aromatic rings. The van der Waals surface area contributed by atoms with Gasteiger partial charge in [0.15, 0.2) is 5.76 Å². The molecule has 0 aliphatic heterocycles. The highest BCUT2D eigenvalue weighted by molar-refractivity contribution is 7.98. The molecule has 0 radical (unpaired) electrons. The third-order valence-corrected chi connectivity index (χ3v) is 5.20. The minimum Gasteiger partial charge on any atom is -0.458 e. The Morgan fingerprint density at radius 1 is 1.38 bits per heavy atom. The predicted octanol–water partition coefficient (Wildman–Crippen LogP) is 5.02. The van der Waals surface area contributed by atoms with E-state index >= 15 is 0 Å². The lowest BCUT2D eigenvalue weighted by atomic mass is 10.2. The number of carbonyl (C=O) groups is 1. The minimum atomic E-state index is -0.224. The van der Waals surface area contributed by atoms with E-state index in [1.807, 2.05) is 36.8 Å². The second kappa shape index (κ2) is 7.42. The summed E-state index contributed by atoms with van der Waals surface area (Å²) in [6.45, 7) is 2.24. The number of rotatable bonds is 5. The Balaban J connectivity index is 1.68. The van der Waals surface area contributed by atoms with E-state index < -0.39 is 0 Å². The van der Waals surface area contributed by atoms with Crippen LogP contribution in [0.25, 0.3) is 11.5 Å². The smallest absolute Gasteiger partial charge is 0.253 e. The van der Waals surface area contributed by atoms with Crippen molar-refractivity contribution in [3.8, 4) is 11.5 Å². The number of amides is 1. The third-order valence-electron chi connectivity index (χ3n) is 3.37. The normalized spacial score (nSPS) is 10.8. The Hall–Kier alpha value is -1.76. The zero-order valence-corrected chi connectivity index (χ0v) is 15.5. The molecule has 1 aromatic carbocycles. The minimum absolute atomic E-state index is 0.224. The predicted molar refractivity (Wildman–Crippen MR) is 99.0 cm³/mol. The fourth-order valence-corrected chi connectivity index (χ4v) is 3.40. The van der Waals surface area contributed by atoms with Crippen LogP contribution in [0.2, 0.25) is 5.02 Å². The van der Waals surface area contributed by atoms with Crippen LogP contribution in [0.5, 0.6) is 0 Å². The van der Waals surface area contributed by atoms with Gasteiger partial charge in [0.05, 0.1) is 22.1 Å². The van der Waals surface area contributed by atoms with Gasteiger partial charge < -0.3 is 9.73 Å². The summed E-state index contributed by atoms with van der Waals surface area (Å²) in [6.07, 6.45) is 1.95. The van der Waals surface area contributed by atoms with E-state index in [0.29, 0.717) is 28.7 Å². The largest absolute Gasteiger partial charge is 0.458 e. The standard InChI is InChI=1S/C17H15ClN2O2S2/c1-10-20-15(9-24-10)16-6-3-11(22-16)8-19-17(21)13-7-12(23-2)4-5-14(13)18/h3-7,9H,8H2,1-2H3,(H,19,21). The van der Waals surface area contributed by atoms with Gasteiger partial charge in [-0.15, -0.1) is 23.1 Å². The summed E-state index contributed by atoms with van der Waals surface area (Å²) in [5.74, 6) is 1.14. The molecule has 0 saturated carbocycles. The second-order valence-corrected chi connectivity index (χ2v) is 7.40. The van der Waals surface area contributed by atoms with Crippen LogP contribution in [0.15, 0.2) is 45.0 Å². The summed E-state index contributed by atoms with van der Waals surface area (Å²) in [5.41, 5.74) is 1.27. The van der Waals surface area contributed by atoms with Gasteiger partial charge in [0.25, 0.3) is 5.91 Å². The molecule has 0 aliphatic rings. The maximum Gasteiger partial charge on any atom is 0.253 e.